The quantitative estimate of drug-likeness (QED) is 0.605. The van der Waals surface area contributed by atoms with Gasteiger partial charge in [-0.1, -0.05) is 11.8 Å². The van der Waals surface area contributed by atoms with Crippen LogP contribution in [0.3, 0.4) is 0 Å². The third-order valence-electron chi connectivity index (χ3n) is 3.14. The number of hydrogen-bond donors (Lipinski definition) is 1. The summed E-state index contributed by atoms with van der Waals surface area (Å²) in [5.74, 6) is -0.431. The molecule has 22 heavy (non-hydrogen) atoms. The Hall–Kier alpha value is -2.16. The van der Waals surface area contributed by atoms with E-state index in [0.29, 0.717) is 16.6 Å². The first kappa shape index (κ1) is 16.2. The van der Waals surface area contributed by atoms with Crippen molar-refractivity contribution in [3.8, 4) is 0 Å². The van der Waals surface area contributed by atoms with Crippen LogP contribution >= 0.6 is 11.8 Å². The zero-order valence-electron chi connectivity index (χ0n) is 12.6. The van der Waals surface area contributed by atoms with Gasteiger partial charge in [-0.3, -0.25) is 9.59 Å². The smallest absolute Gasteiger partial charge is 0.310 e. The van der Waals surface area contributed by atoms with Crippen LogP contribution in [0.1, 0.15) is 23.4 Å². The van der Waals surface area contributed by atoms with Crippen LogP contribution in [0.4, 0.5) is 0 Å². The van der Waals surface area contributed by atoms with Gasteiger partial charge in [0.25, 0.3) is 5.78 Å². The maximum atomic E-state index is 11.8. The molecule has 2 rings (SSSR count). The lowest BCUT2D eigenvalue weighted by molar-refractivity contribution is -0.143. The van der Waals surface area contributed by atoms with E-state index < -0.39 is 11.9 Å². The Bertz CT molecular complexity index is 728. The zero-order chi connectivity index (χ0) is 16.3. The molecule has 0 aliphatic heterocycles. The van der Waals surface area contributed by atoms with Gasteiger partial charge in [-0.15, -0.1) is 5.10 Å². The molecule has 2 aromatic rings. The van der Waals surface area contributed by atoms with E-state index in [1.54, 1.807) is 4.52 Å². The van der Waals surface area contributed by atoms with Crippen molar-refractivity contribution < 1.29 is 14.3 Å². The molecule has 0 unspecified atom stereocenters. The van der Waals surface area contributed by atoms with Crippen molar-refractivity contribution in [1.29, 1.82) is 0 Å². The number of aromatic nitrogens is 4. The molecule has 0 aliphatic rings. The molecule has 0 atom stereocenters. The highest BCUT2D eigenvalue weighted by molar-refractivity contribution is 7.98. The Morgan fingerprint density at radius 2 is 2.05 bits per heavy atom. The highest BCUT2D eigenvalue weighted by atomic mass is 32.2. The predicted octanol–water partition coefficient (Wildman–Crippen LogP) is 0.424. The van der Waals surface area contributed by atoms with E-state index in [0.717, 1.165) is 11.3 Å². The van der Waals surface area contributed by atoms with Crippen molar-refractivity contribution in [2.45, 2.75) is 31.8 Å². The minimum absolute atomic E-state index is 0.0120. The second-order valence-electron chi connectivity index (χ2n) is 4.69. The summed E-state index contributed by atoms with van der Waals surface area (Å²) in [5.41, 5.74) is 7.24. The van der Waals surface area contributed by atoms with Crippen LogP contribution in [0.2, 0.25) is 0 Å². The van der Waals surface area contributed by atoms with Gasteiger partial charge in [0.05, 0.1) is 12.8 Å². The maximum absolute atomic E-state index is 11.8. The minimum Gasteiger partial charge on any atom is -0.465 e. The fourth-order valence-electron chi connectivity index (χ4n) is 1.99. The number of esters is 1. The van der Waals surface area contributed by atoms with Gasteiger partial charge in [0.1, 0.15) is 6.61 Å². The number of amides is 1. The van der Waals surface area contributed by atoms with Gasteiger partial charge in [0, 0.05) is 17.0 Å². The summed E-state index contributed by atoms with van der Waals surface area (Å²) in [7, 11) is 0. The van der Waals surface area contributed by atoms with Gasteiger partial charge in [-0.05, 0) is 20.1 Å². The lowest BCUT2D eigenvalue weighted by Gasteiger charge is -2.10. The molecule has 0 aliphatic carbocycles. The average molecular weight is 323 g/mol. The first-order valence-electron chi connectivity index (χ1n) is 6.63. The molecule has 1 amide bonds. The molecule has 0 saturated carbocycles. The molecule has 0 radical (unpaired) electrons. The van der Waals surface area contributed by atoms with E-state index in [1.165, 1.54) is 11.8 Å². The highest BCUT2D eigenvalue weighted by Crippen LogP contribution is 2.17. The number of ether oxygens (including phenoxy) is 1. The molecule has 0 spiro atoms. The van der Waals surface area contributed by atoms with Gasteiger partial charge < -0.3 is 10.5 Å². The van der Waals surface area contributed by atoms with Crippen molar-refractivity contribution in [1.82, 2.24) is 19.6 Å². The number of nitrogens with two attached hydrogens (primary N) is 1. The summed E-state index contributed by atoms with van der Waals surface area (Å²) in [5, 5.41) is 4.94. The van der Waals surface area contributed by atoms with Crippen LogP contribution in [0, 0.1) is 13.8 Å². The molecule has 2 aromatic heterocycles. The molecular formula is C13H17N5O3S. The largest absolute Gasteiger partial charge is 0.465 e. The highest BCUT2D eigenvalue weighted by Gasteiger charge is 2.16. The Morgan fingerprint density at radius 3 is 2.68 bits per heavy atom. The number of fused-ring (bicyclic) bond motifs is 1. The van der Waals surface area contributed by atoms with Crippen LogP contribution in [0.5, 0.6) is 0 Å². The van der Waals surface area contributed by atoms with E-state index in [-0.39, 0.29) is 19.4 Å². The lowest BCUT2D eigenvalue weighted by Crippen LogP contribution is -2.18. The predicted molar refractivity (Wildman–Crippen MR) is 80.5 cm³/mol. The number of thioether (sulfide) groups is 1. The number of hydrogen-bond acceptors (Lipinski definition) is 7. The van der Waals surface area contributed by atoms with Crippen LogP contribution < -0.4 is 5.73 Å². The number of rotatable bonds is 6. The Balaban J connectivity index is 2.20. The summed E-state index contributed by atoms with van der Waals surface area (Å²) in [6, 6.07) is 0. The minimum atomic E-state index is -0.504. The second kappa shape index (κ2) is 6.73. The topological polar surface area (TPSA) is 112 Å². The van der Waals surface area contributed by atoms with Crippen molar-refractivity contribution >= 4 is 29.4 Å². The fourth-order valence-corrected chi connectivity index (χ4v) is 2.33. The Kier molecular flexibility index (Phi) is 4.96. The number of carbonyl (C=O) groups excluding carboxylic acids is 2. The Morgan fingerprint density at radius 1 is 1.32 bits per heavy atom. The monoisotopic (exact) mass is 323 g/mol. The van der Waals surface area contributed by atoms with E-state index in [1.807, 2.05) is 20.1 Å². The molecule has 9 heteroatoms. The molecule has 118 valence electrons. The van der Waals surface area contributed by atoms with E-state index in [9.17, 15) is 9.59 Å². The third-order valence-corrected chi connectivity index (χ3v) is 3.68. The van der Waals surface area contributed by atoms with Crippen molar-refractivity contribution in [3.05, 3.63) is 17.0 Å². The first-order chi connectivity index (χ1) is 10.4. The first-order valence-corrected chi connectivity index (χ1v) is 7.85. The van der Waals surface area contributed by atoms with Gasteiger partial charge in [0.15, 0.2) is 0 Å². The van der Waals surface area contributed by atoms with Gasteiger partial charge in [-0.2, -0.15) is 4.98 Å². The van der Waals surface area contributed by atoms with E-state index >= 15 is 0 Å². The van der Waals surface area contributed by atoms with Crippen molar-refractivity contribution in [3.63, 3.8) is 0 Å². The number of primary amides is 1. The van der Waals surface area contributed by atoms with Gasteiger partial charge >= 0.3 is 5.97 Å². The summed E-state index contributed by atoms with van der Waals surface area (Å²) >= 11 is 1.42. The number of aryl methyl sites for hydroxylation is 2. The summed E-state index contributed by atoms with van der Waals surface area (Å²) in [6.45, 7) is 3.65. The molecular weight excluding hydrogens is 306 g/mol. The Labute approximate surface area is 131 Å². The molecule has 2 N–H and O–H groups in total. The van der Waals surface area contributed by atoms with Crippen molar-refractivity contribution in [2.24, 2.45) is 5.73 Å². The van der Waals surface area contributed by atoms with Crippen LogP contribution in [0.15, 0.2) is 5.16 Å². The number of carbonyl (C=O) groups is 2. The zero-order valence-corrected chi connectivity index (χ0v) is 13.4. The molecule has 0 fully saturated rings. The standard InChI is InChI=1S/C13H17N5O3S/c1-7-9(6-11(20)21-5-4-10(14)19)8(2)18-12(15-7)16-13(17-18)22-3/h4-6H2,1-3H3,(H2,14,19). The fraction of sp³-hybridized carbons (Fsp3) is 0.462. The van der Waals surface area contributed by atoms with Crippen LogP contribution in [-0.4, -0.2) is 44.3 Å². The maximum Gasteiger partial charge on any atom is 0.310 e. The van der Waals surface area contributed by atoms with Crippen molar-refractivity contribution in [2.75, 3.05) is 12.9 Å². The molecule has 0 aromatic carbocycles. The SMILES string of the molecule is CSc1nc2nc(C)c(CC(=O)OCCC(N)=O)c(C)n2n1. The lowest BCUT2D eigenvalue weighted by atomic mass is 10.1. The summed E-state index contributed by atoms with van der Waals surface area (Å²) in [6.07, 6.45) is 1.96. The summed E-state index contributed by atoms with van der Waals surface area (Å²) < 4.78 is 6.60. The normalized spacial score (nSPS) is 10.9. The number of nitrogens with zero attached hydrogens (tertiary/aromatic N) is 4. The van der Waals surface area contributed by atoms with Crippen LogP contribution in [-0.2, 0) is 20.7 Å². The molecule has 2 heterocycles. The molecule has 8 nitrogen and oxygen atoms in total. The summed E-state index contributed by atoms with van der Waals surface area (Å²) in [4.78, 5) is 31.1. The second-order valence-corrected chi connectivity index (χ2v) is 5.46. The van der Waals surface area contributed by atoms with Crippen LogP contribution in [0.25, 0.3) is 5.78 Å². The molecule has 0 bridgehead atoms. The van der Waals surface area contributed by atoms with E-state index in [2.05, 4.69) is 15.1 Å². The average Bonchev–Trinajstić information content (AvgIpc) is 2.86. The van der Waals surface area contributed by atoms with E-state index in [4.69, 9.17) is 10.5 Å². The molecule has 0 saturated heterocycles. The third kappa shape index (κ3) is 3.53. The van der Waals surface area contributed by atoms with Gasteiger partial charge in [0.2, 0.25) is 11.1 Å². The van der Waals surface area contributed by atoms with Gasteiger partial charge in [-0.25, -0.2) is 9.50 Å².